The average molecular weight is 367 g/mol. The summed E-state index contributed by atoms with van der Waals surface area (Å²) >= 11 is 1.16. The maximum absolute atomic E-state index is 12.2. The standard InChI is InChI=1S/C20H21N3O2S/c1-13(2)16-10-9-14(3)11-17(16)25-12-18(24)21-20-22-19(23-26-20)15-7-5-4-6-8-15/h4-11,13H,12H2,1-3H3,(H,21,22,23,24). The Labute approximate surface area is 157 Å². The number of anilines is 1. The van der Waals surface area contributed by atoms with Crippen LogP contribution in [0.2, 0.25) is 0 Å². The Balaban J connectivity index is 1.62. The van der Waals surface area contributed by atoms with Gasteiger partial charge in [0.1, 0.15) is 5.75 Å². The summed E-state index contributed by atoms with van der Waals surface area (Å²) < 4.78 is 10.0. The van der Waals surface area contributed by atoms with Gasteiger partial charge in [-0.3, -0.25) is 10.1 Å². The lowest BCUT2D eigenvalue weighted by Crippen LogP contribution is -2.20. The van der Waals surface area contributed by atoms with E-state index in [0.717, 1.165) is 34.0 Å². The second kappa shape index (κ2) is 8.10. The lowest BCUT2D eigenvalue weighted by Gasteiger charge is -2.14. The van der Waals surface area contributed by atoms with Crippen molar-refractivity contribution in [2.24, 2.45) is 0 Å². The van der Waals surface area contributed by atoms with Gasteiger partial charge in [-0.1, -0.05) is 56.3 Å². The molecule has 26 heavy (non-hydrogen) atoms. The highest BCUT2D eigenvalue weighted by molar-refractivity contribution is 7.10. The number of hydrogen-bond acceptors (Lipinski definition) is 5. The van der Waals surface area contributed by atoms with Crippen LogP contribution in [0.25, 0.3) is 11.4 Å². The maximum atomic E-state index is 12.2. The number of aryl methyl sites for hydroxylation is 1. The van der Waals surface area contributed by atoms with Crippen molar-refractivity contribution >= 4 is 22.6 Å². The van der Waals surface area contributed by atoms with Gasteiger partial charge in [-0.05, 0) is 30.0 Å². The van der Waals surface area contributed by atoms with Gasteiger partial charge < -0.3 is 4.74 Å². The predicted octanol–water partition coefficient (Wildman–Crippen LogP) is 4.65. The Hall–Kier alpha value is -2.73. The van der Waals surface area contributed by atoms with Crippen molar-refractivity contribution in [3.8, 4) is 17.1 Å². The molecule has 0 aliphatic carbocycles. The molecule has 1 amide bonds. The molecule has 0 atom stereocenters. The van der Waals surface area contributed by atoms with Gasteiger partial charge in [0.25, 0.3) is 5.91 Å². The van der Waals surface area contributed by atoms with Crippen LogP contribution in [0, 0.1) is 6.92 Å². The zero-order valence-electron chi connectivity index (χ0n) is 15.0. The number of nitrogens with zero attached hydrogens (tertiary/aromatic N) is 2. The molecule has 3 aromatic rings. The quantitative estimate of drug-likeness (QED) is 0.688. The number of rotatable bonds is 6. The van der Waals surface area contributed by atoms with E-state index >= 15 is 0 Å². The lowest BCUT2D eigenvalue weighted by atomic mass is 10.0. The van der Waals surface area contributed by atoms with E-state index < -0.39 is 0 Å². The minimum atomic E-state index is -0.253. The molecular weight excluding hydrogens is 346 g/mol. The highest BCUT2D eigenvalue weighted by atomic mass is 32.1. The number of carbonyl (C=O) groups excluding carboxylic acids is 1. The molecule has 5 nitrogen and oxygen atoms in total. The Morgan fingerprint density at radius 3 is 2.69 bits per heavy atom. The minimum Gasteiger partial charge on any atom is -0.483 e. The average Bonchev–Trinajstić information content (AvgIpc) is 3.09. The van der Waals surface area contributed by atoms with Gasteiger partial charge >= 0.3 is 0 Å². The number of nitrogens with one attached hydrogen (secondary N) is 1. The summed E-state index contributed by atoms with van der Waals surface area (Å²) in [6, 6.07) is 15.7. The second-order valence-electron chi connectivity index (χ2n) is 6.32. The van der Waals surface area contributed by atoms with E-state index in [1.165, 1.54) is 0 Å². The first-order valence-corrected chi connectivity index (χ1v) is 9.22. The van der Waals surface area contributed by atoms with Crippen LogP contribution in [-0.4, -0.2) is 21.9 Å². The number of benzene rings is 2. The second-order valence-corrected chi connectivity index (χ2v) is 7.07. The third-order valence-corrected chi connectivity index (χ3v) is 4.48. The van der Waals surface area contributed by atoms with Crippen LogP contribution in [0.3, 0.4) is 0 Å². The summed E-state index contributed by atoms with van der Waals surface area (Å²) in [6.07, 6.45) is 0. The first-order chi connectivity index (χ1) is 12.5. The van der Waals surface area contributed by atoms with Gasteiger partial charge in [0.05, 0.1) is 0 Å². The van der Waals surface area contributed by atoms with Gasteiger partial charge in [-0.25, -0.2) is 0 Å². The Morgan fingerprint density at radius 2 is 1.96 bits per heavy atom. The molecule has 2 aromatic carbocycles. The zero-order chi connectivity index (χ0) is 18.5. The fraction of sp³-hybridized carbons (Fsp3) is 0.250. The smallest absolute Gasteiger partial charge is 0.264 e. The van der Waals surface area contributed by atoms with Crippen molar-refractivity contribution in [1.82, 2.24) is 9.36 Å². The molecule has 1 N–H and O–H groups in total. The van der Waals surface area contributed by atoms with Crippen LogP contribution in [0.4, 0.5) is 5.13 Å². The highest BCUT2D eigenvalue weighted by Crippen LogP contribution is 2.27. The van der Waals surface area contributed by atoms with Crippen molar-refractivity contribution in [1.29, 1.82) is 0 Å². The molecule has 0 spiro atoms. The van der Waals surface area contributed by atoms with Gasteiger partial charge in [-0.2, -0.15) is 9.36 Å². The number of hydrogen-bond donors (Lipinski definition) is 1. The molecule has 0 bridgehead atoms. The van der Waals surface area contributed by atoms with E-state index in [-0.39, 0.29) is 12.5 Å². The third-order valence-electron chi connectivity index (χ3n) is 3.85. The topological polar surface area (TPSA) is 64.1 Å². The van der Waals surface area contributed by atoms with Crippen LogP contribution >= 0.6 is 11.5 Å². The molecular formula is C20H21N3O2S. The van der Waals surface area contributed by atoms with E-state index in [0.29, 0.717) is 16.9 Å². The molecule has 0 fully saturated rings. The molecule has 0 radical (unpaired) electrons. The van der Waals surface area contributed by atoms with Crippen molar-refractivity contribution in [3.63, 3.8) is 0 Å². The maximum Gasteiger partial charge on any atom is 0.264 e. The van der Waals surface area contributed by atoms with E-state index in [9.17, 15) is 4.79 Å². The summed E-state index contributed by atoms with van der Waals surface area (Å²) in [5, 5.41) is 3.21. The zero-order valence-corrected chi connectivity index (χ0v) is 15.8. The van der Waals surface area contributed by atoms with E-state index in [4.69, 9.17) is 4.74 Å². The van der Waals surface area contributed by atoms with Crippen molar-refractivity contribution in [3.05, 3.63) is 59.7 Å². The number of carbonyl (C=O) groups is 1. The van der Waals surface area contributed by atoms with Gasteiger partial charge in [0, 0.05) is 17.1 Å². The molecule has 3 rings (SSSR count). The van der Waals surface area contributed by atoms with Crippen LogP contribution < -0.4 is 10.1 Å². The SMILES string of the molecule is Cc1ccc(C(C)C)c(OCC(=O)Nc2nc(-c3ccccc3)ns2)c1. The molecule has 0 aliphatic rings. The molecule has 0 saturated heterocycles. The van der Waals surface area contributed by atoms with Gasteiger partial charge in [0.2, 0.25) is 5.13 Å². The normalized spacial score (nSPS) is 10.8. The summed E-state index contributed by atoms with van der Waals surface area (Å²) in [5.74, 6) is 1.42. The van der Waals surface area contributed by atoms with Crippen LogP contribution in [0.1, 0.15) is 30.9 Å². The monoisotopic (exact) mass is 367 g/mol. The van der Waals surface area contributed by atoms with Crippen LogP contribution in [0.15, 0.2) is 48.5 Å². The molecule has 0 saturated carbocycles. The van der Waals surface area contributed by atoms with Crippen molar-refractivity contribution in [2.45, 2.75) is 26.7 Å². The van der Waals surface area contributed by atoms with E-state index in [2.05, 4.69) is 34.6 Å². The molecule has 1 heterocycles. The number of amides is 1. The number of ether oxygens (including phenoxy) is 1. The first-order valence-electron chi connectivity index (χ1n) is 8.45. The molecule has 1 aromatic heterocycles. The first kappa shape index (κ1) is 18.1. The Bertz CT molecular complexity index is 891. The summed E-state index contributed by atoms with van der Waals surface area (Å²) in [6.45, 7) is 6.14. The fourth-order valence-electron chi connectivity index (χ4n) is 2.52. The Kier molecular flexibility index (Phi) is 5.63. The molecule has 0 unspecified atom stereocenters. The summed E-state index contributed by atoms with van der Waals surface area (Å²) in [5.41, 5.74) is 3.11. The molecule has 6 heteroatoms. The third kappa shape index (κ3) is 4.46. The molecule has 134 valence electrons. The summed E-state index contributed by atoms with van der Waals surface area (Å²) in [7, 11) is 0. The largest absolute Gasteiger partial charge is 0.483 e. The van der Waals surface area contributed by atoms with Gasteiger partial charge in [0.15, 0.2) is 12.4 Å². The van der Waals surface area contributed by atoms with Crippen molar-refractivity contribution < 1.29 is 9.53 Å². The van der Waals surface area contributed by atoms with Crippen molar-refractivity contribution in [2.75, 3.05) is 11.9 Å². The lowest BCUT2D eigenvalue weighted by molar-refractivity contribution is -0.118. The minimum absolute atomic E-state index is 0.0660. The number of aromatic nitrogens is 2. The molecule has 0 aliphatic heterocycles. The van der Waals surface area contributed by atoms with Crippen LogP contribution in [0.5, 0.6) is 5.75 Å². The van der Waals surface area contributed by atoms with Crippen LogP contribution in [-0.2, 0) is 4.79 Å². The predicted molar refractivity (Wildman–Crippen MR) is 105 cm³/mol. The van der Waals surface area contributed by atoms with E-state index in [1.807, 2.05) is 49.4 Å². The van der Waals surface area contributed by atoms with E-state index in [1.54, 1.807) is 0 Å². The Morgan fingerprint density at radius 1 is 1.19 bits per heavy atom. The van der Waals surface area contributed by atoms with Gasteiger partial charge in [-0.15, -0.1) is 0 Å². The fourth-order valence-corrected chi connectivity index (χ4v) is 3.13. The highest BCUT2D eigenvalue weighted by Gasteiger charge is 2.12. The summed E-state index contributed by atoms with van der Waals surface area (Å²) in [4.78, 5) is 16.6.